The van der Waals surface area contributed by atoms with Crippen LogP contribution in [0, 0.1) is 23.2 Å². The quantitative estimate of drug-likeness (QED) is 0.892. The molecule has 2 amide bonds. The number of hydrogen-bond donors (Lipinski definition) is 1. The molecule has 1 atom stereocenters. The summed E-state index contributed by atoms with van der Waals surface area (Å²) in [4.78, 5) is 28.1. The van der Waals surface area contributed by atoms with Gasteiger partial charge in [0.2, 0.25) is 11.8 Å². The molecule has 5 aliphatic rings. The SMILES string of the molecule is C[C@H](NC(=O)C12CC3CC(CC(C3)C1)C2)C(=O)N1CCc2ccccc2C1. The largest absolute Gasteiger partial charge is 0.344 e. The molecule has 1 aliphatic heterocycles. The number of carbonyl (C=O) groups excluding carboxylic acids is 2. The number of benzene rings is 1. The molecule has 4 nitrogen and oxygen atoms in total. The second-order valence-corrected chi connectivity index (χ2v) is 9.67. The standard InChI is InChI=1S/C23H30N2O2/c1-15(21(26)25-7-6-19-4-2-3-5-20(19)14-25)24-22(27)23-11-16-8-17(12-23)10-18(9-16)13-23/h2-5,15-18H,6-14H2,1H3,(H,24,27)/t15-,16?,17?,18?,23?/m0/s1. The topological polar surface area (TPSA) is 49.4 Å². The molecule has 6 rings (SSSR count). The zero-order valence-electron chi connectivity index (χ0n) is 16.2. The molecule has 0 aromatic heterocycles. The van der Waals surface area contributed by atoms with E-state index < -0.39 is 6.04 Å². The van der Waals surface area contributed by atoms with E-state index in [0.29, 0.717) is 6.54 Å². The smallest absolute Gasteiger partial charge is 0.245 e. The lowest BCUT2D eigenvalue weighted by atomic mass is 9.49. The van der Waals surface area contributed by atoms with Crippen molar-refractivity contribution < 1.29 is 9.59 Å². The summed E-state index contributed by atoms with van der Waals surface area (Å²) in [6.07, 6.45) is 8.02. The highest BCUT2D eigenvalue weighted by molar-refractivity contribution is 5.90. The summed E-state index contributed by atoms with van der Waals surface area (Å²) in [5.41, 5.74) is 2.39. The van der Waals surface area contributed by atoms with E-state index in [1.54, 1.807) is 0 Å². The van der Waals surface area contributed by atoms with Crippen LogP contribution in [0.2, 0.25) is 0 Å². The molecule has 0 spiro atoms. The van der Waals surface area contributed by atoms with Crippen LogP contribution < -0.4 is 5.32 Å². The Hall–Kier alpha value is -1.84. The second kappa shape index (κ2) is 6.35. The molecule has 4 fully saturated rings. The van der Waals surface area contributed by atoms with Gasteiger partial charge in [-0.25, -0.2) is 0 Å². The molecule has 1 aromatic rings. The van der Waals surface area contributed by atoms with Gasteiger partial charge in [-0.15, -0.1) is 0 Å². The Balaban J connectivity index is 1.25. The molecular weight excluding hydrogens is 336 g/mol. The maximum atomic E-state index is 13.2. The van der Waals surface area contributed by atoms with Crippen LogP contribution in [0.3, 0.4) is 0 Å². The molecule has 4 heteroatoms. The molecule has 4 saturated carbocycles. The number of nitrogens with one attached hydrogen (secondary N) is 1. The first-order chi connectivity index (χ1) is 13.0. The highest BCUT2D eigenvalue weighted by Crippen LogP contribution is 2.60. The highest BCUT2D eigenvalue weighted by Gasteiger charge is 2.54. The molecule has 1 aromatic carbocycles. The number of rotatable bonds is 3. The molecule has 27 heavy (non-hydrogen) atoms. The lowest BCUT2D eigenvalue weighted by molar-refractivity contribution is -0.149. The van der Waals surface area contributed by atoms with Crippen molar-refractivity contribution >= 4 is 11.8 Å². The van der Waals surface area contributed by atoms with E-state index in [-0.39, 0.29) is 17.2 Å². The fourth-order valence-electron chi connectivity index (χ4n) is 6.76. The van der Waals surface area contributed by atoms with Gasteiger partial charge < -0.3 is 10.2 Å². The summed E-state index contributed by atoms with van der Waals surface area (Å²) < 4.78 is 0. The first kappa shape index (κ1) is 17.3. The highest BCUT2D eigenvalue weighted by atomic mass is 16.2. The molecule has 0 radical (unpaired) electrons. The summed E-state index contributed by atoms with van der Waals surface area (Å²) in [7, 11) is 0. The van der Waals surface area contributed by atoms with Gasteiger partial charge in [0.15, 0.2) is 0 Å². The third-order valence-electron chi connectivity index (χ3n) is 7.68. The minimum absolute atomic E-state index is 0.0579. The minimum atomic E-state index is -0.434. The van der Waals surface area contributed by atoms with E-state index in [1.807, 2.05) is 17.9 Å². The maximum Gasteiger partial charge on any atom is 0.245 e. The molecule has 0 unspecified atom stereocenters. The van der Waals surface area contributed by atoms with E-state index in [4.69, 9.17) is 0 Å². The third kappa shape index (κ3) is 2.97. The molecule has 4 bridgehead atoms. The fourth-order valence-corrected chi connectivity index (χ4v) is 6.76. The first-order valence-electron chi connectivity index (χ1n) is 10.7. The van der Waals surface area contributed by atoms with Crippen molar-refractivity contribution in [1.82, 2.24) is 10.2 Å². The molecule has 4 aliphatic carbocycles. The maximum absolute atomic E-state index is 13.2. The molecule has 0 saturated heterocycles. The summed E-state index contributed by atoms with van der Waals surface area (Å²) in [6.45, 7) is 3.27. The summed E-state index contributed by atoms with van der Waals surface area (Å²) in [6, 6.07) is 7.91. The average molecular weight is 367 g/mol. The summed E-state index contributed by atoms with van der Waals surface area (Å²) >= 11 is 0. The van der Waals surface area contributed by atoms with E-state index in [1.165, 1.54) is 30.4 Å². The lowest BCUT2D eigenvalue weighted by Gasteiger charge is -2.55. The predicted octanol–water partition coefficient (Wildman–Crippen LogP) is 3.29. The lowest BCUT2D eigenvalue weighted by Crippen LogP contribution is -2.57. The zero-order valence-corrected chi connectivity index (χ0v) is 16.2. The van der Waals surface area contributed by atoms with Crippen molar-refractivity contribution in [2.45, 2.75) is 64.5 Å². The van der Waals surface area contributed by atoms with Crippen molar-refractivity contribution in [3.05, 3.63) is 35.4 Å². The van der Waals surface area contributed by atoms with Crippen LogP contribution in [0.25, 0.3) is 0 Å². The van der Waals surface area contributed by atoms with Crippen LogP contribution in [-0.2, 0) is 22.6 Å². The molecule has 1 N–H and O–H groups in total. The predicted molar refractivity (Wildman–Crippen MR) is 104 cm³/mol. The van der Waals surface area contributed by atoms with Crippen molar-refractivity contribution in [1.29, 1.82) is 0 Å². The Bertz CT molecular complexity index is 736. The van der Waals surface area contributed by atoms with Crippen LogP contribution in [0.5, 0.6) is 0 Å². The van der Waals surface area contributed by atoms with Gasteiger partial charge >= 0.3 is 0 Å². The molecule has 1 heterocycles. The summed E-state index contributed by atoms with van der Waals surface area (Å²) in [5.74, 6) is 2.44. The van der Waals surface area contributed by atoms with Gasteiger partial charge in [-0.3, -0.25) is 9.59 Å². The van der Waals surface area contributed by atoms with Crippen LogP contribution in [0.4, 0.5) is 0 Å². The Labute approximate surface area is 161 Å². The number of amides is 2. The van der Waals surface area contributed by atoms with Crippen LogP contribution in [0.1, 0.15) is 56.6 Å². The Kier molecular flexibility index (Phi) is 4.06. The Morgan fingerprint density at radius 1 is 1.04 bits per heavy atom. The van der Waals surface area contributed by atoms with E-state index in [2.05, 4.69) is 23.5 Å². The fraction of sp³-hybridized carbons (Fsp3) is 0.652. The molecular formula is C23H30N2O2. The molecule has 144 valence electrons. The van der Waals surface area contributed by atoms with Crippen LogP contribution >= 0.6 is 0 Å². The van der Waals surface area contributed by atoms with Crippen molar-refractivity contribution in [3.8, 4) is 0 Å². The third-order valence-corrected chi connectivity index (χ3v) is 7.68. The van der Waals surface area contributed by atoms with E-state index in [9.17, 15) is 9.59 Å². The minimum Gasteiger partial charge on any atom is -0.344 e. The summed E-state index contributed by atoms with van der Waals surface area (Å²) in [5, 5.41) is 3.13. The Morgan fingerprint density at radius 3 is 2.26 bits per heavy atom. The van der Waals surface area contributed by atoms with Gasteiger partial charge in [0.05, 0.1) is 0 Å². The van der Waals surface area contributed by atoms with Gasteiger partial charge in [-0.1, -0.05) is 24.3 Å². The monoisotopic (exact) mass is 366 g/mol. The first-order valence-corrected chi connectivity index (χ1v) is 10.7. The number of nitrogens with zero attached hydrogens (tertiary/aromatic N) is 1. The number of hydrogen-bond acceptors (Lipinski definition) is 2. The average Bonchev–Trinajstić information content (AvgIpc) is 2.66. The van der Waals surface area contributed by atoms with Gasteiger partial charge in [0, 0.05) is 18.5 Å². The van der Waals surface area contributed by atoms with Gasteiger partial charge in [0.1, 0.15) is 6.04 Å². The van der Waals surface area contributed by atoms with E-state index >= 15 is 0 Å². The Morgan fingerprint density at radius 2 is 1.63 bits per heavy atom. The normalized spacial score (nSPS) is 34.9. The van der Waals surface area contributed by atoms with E-state index in [0.717, 1.165) is 50.0 Å². The van der Waals surface area contributed by atoms with Crippen molar-refractivity contribution in [2.24, 2.45) is 23.2 Å². The zero-order chi connectivity index (χ0) is 18.6. The van der Waals surface area contributed by atoms with Crippen molar-refractivity contribution in [2.75, 3.05) is 6.54 Å². The van der Waals surface area contributed by atoms with Gasteiger partial charge in [-0.05, 0) is 80.8 Å². The van der Waals surface area contributed by atoms with Crippen LogP contribution in [0.15, 0.2) is 24.3 Å². The van der Waals surface area contributed by atoms with Crippen LogP contribution in [-0.4, -0.2) is 29.3 Å². The van der Waals surface area contributed by atoms with Gasteiger partial charge in [-0.2, -0.15) is 0 Å². The number of carbonyl (C=O) groups is 2. The second-order valence-electron chi connectivity index (χ2n) is 9.67. The van der Waals surface area contributed by atoms with Crippen molar-refractivity contribution in [3.63, 3.8) is 0 Å². The van der Waals surface area contributed by atoms with Gasteiger partial charge in [0.25, 0.3) is 0 Å². The number of fused-ring (bicyclic) bond motifs is 1.